The van der Waals surface area contributed by atoms with E-state index in [0.717, 1.165) is 30.7 Å². The van der Waals surface area contributed by atoms with Crippen LogP contribution in [0.3, 0.4) is 0 Å². The second-order valence-corrected chi connectivity index (χ2v) is 6.42. The van der Waals surface area contributed by atoms with Gasteiger partial charge < -0.3 is 9.73 Å². The number of nitrogens with one attached hydrogen (secondary N) is 1. The first-order chi connectivity index (χ1) is 9.20. The lowest BCUT2D eigenvalue weighted by Crippen LogP contribution is -2.40. The molecule has 1 unspecified atom stereocenters. The van der Waals surface area contributed by atoms with Crippen molar-refractivity contribution in [1.82, 2.24) is 5.32 Å². The molecule has 2 heteroatoms. The zero-order chi connectivity index (χ0) is 13.7. The second-order valence-electron chi connectivity index (χ2n) is 6.42. The van der Waals surface area contributed by atoms with E-state index in [1.165, 1.54) is 31.2 Å². The molecule has 1 N–H and O–H groups in total. The Labute approximate surface area is 118 Å². The van der Waals surface area contributed by atoms with Crippen molar-refractivity contribution in [3.63, 3.8) is 0 Å². The highest BCUT2D eigenvalue weighted by molar-refractivity contribution is 5.08. The van der Waals surface area contributed by atoms with Crippen LogP contribution in [0.5, 0.6) is 0 Å². The molecule has 2 rings (SSSR count). The summed E-state index contributed by atoms with van der Waals surface area (Å²) < 4.78 is 5.20. The van der Waals surface area contributed by atoms with Crippen molar-refractivity contribution in [2.45, 2.75) is 58.9 Å². The van der Waals surface area contributed by atoms with Crippen LogP contribution in [0, 0.1) is 17.8 Å². The molecule has 0 spiro atoms. The minimum Gasteiger partial charge on any atom is -0.472 e. The van der Waals surface area contributed by atoms with E-state index in [4.69, 9.17) is 4.42 Å². The molecule has 0 radical (unpaired) electrons. The van der Waals surface area contributed by atoms with E-state index in [9.17, 15) is 0 Å². The van der Waals surface area contributed by atoms with Crippen molar-refractivity contribution in [2.75, 3.05) is 6.54 Å². The lowest BCUT2D eigenvalue weighted by Gasteiger charge is -2.35. The first-order valence-corrected chi connectivity index (χ1v) is 7.95. The fourth-order valence-corrected chi connectivity index (χ4v) is 3.54. The molecular weight excluding hydrogens is 234 g/mol. The van der Waals surface area contributed by atoms with Gasteiger partial charge in [-0.2, -0.15) is 0 Å². The van der Waals surface area contributed by atoms with Gasteiger partial charge in [-0.25, -0.2) is 0 Å². The molecule has 1 heterocycles. The molecule has 0 amide bonds. The summed E-state index contributed by atoms with van der Waals surface area (Å²) >= 11 is 0. The van der Waals surface area contributed by atoms with Crippen LogP contribution in [0.15, 0.2) is 23.0 Å². The fourth-order valence-electron chi connectivity index (χ4n) is 3.54. The lowest BCUT2D eigenvalue weighted by molar-refractivity contribution is 0.188. The van der Waals surface area contributed by atoms with E-state index in [0.29, 0.717) is 6.04 Å². The average molecular weight is 263 g/mol. The van der Waals surface area contributed by atoms with E-state index in [2.05, 4.69) is 32.2 Å². The smallest absolute Gasteiger partial charge is 0.0935 e. The maximum atomic E-state index is 5.20. The molecule has 1 aliphatic carbocycles. The molecule has 0 bridgehead atoms. The molecule has 1 aromatic rings. The van der Waals surface area contributed by atoms with Gasteiger partial charge in [-0.3, -0.25) is 0 Å². The summed E-state index contributed by atoms with van der Waals surface area (Å²) in [6.07, 6.45) is 10.4. The predicted molar refractivity (Wildman–Crippen MR) is 80.2 cm³/mol. The monoisotopic (exact) mass is 263 g/mol. The molecule has 19 heavy (non-hydrogen) atoms. The maximum absolute atomic E-state index is 5.20. The molecule has 1 fully saturated rings. The maximum Gasteiger partial charge on any atom is 0.0935 e. The summed E-state index contributed by atoms with van der Waals surface area (Å²) in [5, 5.41) is 3.69. The molecule has 1 aromatic heterocycles. The summed E-state index contributed by atoms with van der Waals surface area (Å²) in [5.74, 6) is 2.64. The molecule has 0 saturated heterocycles. The average Bonchev–Trinajstić information content (AvgIpc) is 2.91. The first kappa shape index (κ1) is 14.6. The van der Waals surface area contributed by atoms with Crippen molar-refractivity contribution in [2.24, 2.45) is 17.8 Å². The van der Waals surface area contributed by atoms with Gasteiger partial charge in [-0.15, -0.1) is 0 Å². The van der Waals surface area contributed by atoms with E-state index in [1.807, 2.05) is 6.26 Å². The van der Waals surface area contributed by atoms with Crippen molar-refractivity contribution in [1.29, 1.82) is 0 Å². The van der Waals surface area contributed by atoms with Gasteiger partial charge in [-0.05, 0) is 68.0 Å². The van der Waals surface area contributed by atoms with Gasteiger partial charge in [-0.1, -0.05) is 20.8 Å². The van der Waals surface area contributed by atoms with Gasteiger partial charge in [0.1, 0.15) is 0 Å². The molecule has 1 aliphatic rings. The van der Waals surface area contributed by atoms with Gasteiger partial charge in [0, 0.05) is 6.04 Å². The number of hydrogen-bond acceptors (Lipinski definition) is 2. The number of hydrogen-bond donors (Lipinski definition) is 1. The Hall–Kier alpha value is -0.760. The Balaban J connectivity index is 1.89. The highest BCUT2D eigenvalue weighted by Gasteiger charge is 2.28. The van der Waals surface area contributed by atoms with Crippen LogP contribution in [0.2, 0.25) is 0 Å². The zero-order valence-electron chi connectivity index (χ0n) is 12.7. The Morgan fingerprint density at radius 1 is 1.21 bits per heavy atom. The van der Waals surface area contributed by atoms with Gasteiger partial charge in [0.25, 0.3) is 0 Å². The van der Waals surface area contributed by atoms with Crippen LogP contribution in [0.1, 0.15) is 52.0 Å². The van der Waals surface area contributed by atoms with E-state index in [1.54, 1.807) is 6.26 Å². The Morgan fingerprint density at radius 2 is 1.89 bits per heavy atom. The van der Waals surface area contributed by atoms with Gasteiger partial charge >= 0.3 is 0 Å². The summed E-state index contributed by atoms with van der Waals surface area (Å²) in [6.45, 7) is 8.02. The summed E-state index contributed by atoms with van der Waals surface area (Å²) in [6, 6.07) is 2.72. The van der Waals surface area contributed by atoms with Crippen LogP contribution in [-0.4, -0.2) is 12.6 Å². The van der Waals surface area contributed by atoms with Crippen molar-refractivity contribution in [3.8, 4) is 0 Å². The summed E-state index contributed by atoms with van der Waals surface area (Å²) in [4.78, 5) is 0. The standard InChI is InChI=1S/C17H29NO/c1-4-18-17(11-14-9-10-19-12-14)16-7-5-15(6-8-16)13(2)3/h9-10,12-13,15-18H,4-8,11H2,1-3H3. The minimum absolute atomic E-state index is 0.621. The Morgan fingerprint density at radius 3 is 2.42 bits per heavy atom. The Bertz CT molecular complexity index is 336. The molecule has 1 atom stereocenters. The van der Waals surface area contributed by atoms with Crippen LogP contribution in [0.25, 0.3) is 0 Å². The molecular formula is C17H29NO. The molecule has 0 aliphatic heterocycles. The topological polar surface area (TPSA) is 25.2 Å². The lowest BCUT2D eigenvalue weighted by atomic mass is 9.73. The quantitative estimate of drug-likeness (QED) is 0.829. The van der Waals surface area contributed by atoms with Crippen LogP contribution in [0.4, 0.5) is 0 Å². The van der Waals surface area contributed by atoms with Crippen LogP contribution in [-0.2, 0) is 6.42 Å². The first-order valence-electron chi connectivity index (χ1n) is 7.95. The highest BCUT2D eigenvalue weighted by atomic mass is 16.3. The Kier molecular flexibility index (Phi) is 5.50. The summed E-state index contributed by atoms with van der Waals surface area (Å²) in [7, 11) is 0. The molecule has 2 nitrogen and oxygen atoms in total. The van der Waals surface area contributed by atoms with E-state index in [-0.39, 0.29) is 0 Å². The highest BCUT2D eigenvalue weighted by Crippen LogP contribution is 2.35. The van der Waals surface area contributed by atoms with Gasteiger partial charge in [0.05, 0.1) is 12.5 Å². The number of rotatable bonds is 6. The van der Waals surface area contributed by atoms with E-state index < -0.39 is 0 Å². The van der Waals surface area contributed by atoms with Crippen molar-refractivity contribution < 1.29 is 4.42 Å². The fraction of sp³-hybridized carbons (Fsp3) is 0.765. The zero-order valence-corrected chi connectivity index (χ0v) is 12.7. The predicted octanol–water partition coefficient (Wildman–Crippen LogP) is 4.26. The number of likely N-dealkylation sites (N-methyl/N-ethyl adjacent to an activating group) is 1. The SMILES string of the molecule is CCNC(Cc1ccoc1)C1CCC(C(C)C)CC1. The normalized spacial score (nSPS) is 25.7. The van der Waals surface area contributed by atoms with Gasteiger partial charge in [0.15, 0.2) is 0 Å². The third-order valence-corrected chi connectivity index (χ3v) is 4.83. The van der Waals surface area contributed by atoms with E-state index >= 15 is 0 Å². The van der Waals surface area contributed by atoms with Crippen LogP contribution >= 0.6 is 0 Å². The number of furan rings is 1. The largest absolute Gasteiger partial charge is 0.472 e. The van der Waals surface area contributed by atoms with Gasteiger partial charge in [0.2, 0.25) is 0 Å². The van der Waals surface area contributed by atoms with Crippen LogP contribution < -0.4 is 5.32 Å². The molecule has 0 aromatic carbocycles. The molecule has 108 valence electrons. The third-order valence-electron chi connectivity index (χ3n) is 4.83. The van der Waals surface area contributed by atoms with Crippen molar-refractivity contribution in [3.05, 3.63) is 24.2 Å². The minimum atomic E-state index is 0.621. The third kappa shape index (κ3) is 4.10. The summed E-state index contributed by atoms with van der Waals surface area (Å²) in [5.41, 5.74) is 1.33. The second kappa shape index (κ2) is 7.14. The van der Waals surface area contributed by atoms with Crippen molar-refractivity contribution >= 4 is 0 Å². The molecule has 1 saturated carbocycles.